The number of carboxylic acid groups (broad SMARTS) is 1. The molecule has 2 rings (SSSR count). The summed E-state index contributed by atoms with van der Waals surface area (Å²) in [5.41, 5.74) is 0.616. The second-order valence-electron chi connectivity index (χ2n) is 4.27. The first-order chi connectivity index (χ1) is 8.58. The second kappa shape index (κ2) is 5.22. The van der Waals surface area contributed by atoms with Crippen molar-refractivity contribution < 1.29 is 9.90 Å². The van der Waals surface area contributed by atoms with Crippen LogP contribution < -0.4 is 0 Å². The molecular weight excluding hydrogens is 250 g/mol. The van der Waals surface area contributed by atoms with Gasteiger partial charge in [-0.25, -0.2) is 19.7 Å². The molecule has 0 amide bonds. The van der Waals surface area contributed by atoms with Gasteiger partial charge in [-0.15, -0.1) is 11.3 Å². The van der Waals surface area contributed by atoms with E-state index < -0.39 is 5.97 Å². The summed E-state index contributed by atoms with van der Waals surface area (Å²) < 4.78 is 0. The van der Waals surface area contributed by atoms with Crippen molar-refractivity contribution in [1.29, 1.82) is 0 Å². The molecule has 18 heavy (non-hydrogen) atoms. The maximum Gasteiger partial charge on any atom is 0.347 e. The number of aromatic carboxylic acids is 1. The lowest BCUT2D eigenvalue weighted by molar-refractivity contribution is 0.0700. The quantitative estimate of drug-likeness (QED) is 0.917. The summed E-state index contributed by atoms with van der Waals surface area (Å²) in [6, 6.07) is 1.71. The Morgan fingerprint density at radius 1 is 1.39 bits per heavy atom. The third-order valence-corrected chi connectivity index (χ3v) is 3.33. The molecule has 5 nitrogen and oxygen atoms in total. The highest BCUT2D eigenvalue weighted by molar-refractivity contribution is 7.16. The van der Waals surface area contributed by atoms with E-state index in [1.165, 1.54) is 0 Å². The van der Waals surface area contributed by atoms with Crippen molar-refractivity contribution in [3.05, 3.63) is 29.0 Å². The fourth-order valence-electron chi connectivity index (χ4n) is 1.55. The molecular formula is C12H13N3O2S. The summed E-state index contributed by atoms with van der Waals surface area (Å²) in [6.07, 6.45) is 3.88. The molecule has 1 N–H and O–H groups in total. The molecule has 0 aliphatic rings. The number of carboxylic acids is 1. The average molecular weight is 263 g/mol. The van der Waals surface area contributed by atoms with Crippen LogP contribution in [0.4, 0.5) is 0 Å². The molecule has 0 aliphatic heterocycles. The van der Waals surface area contributed by atoms with Gasteiger partial charge in [-0.05, 0) is 18.4 Å². The van der Waals surface area contributed by atoms with Gasteiger partial charge in [0.2, 0.25) is 0 Å². The lowest BCUT2D eigenvalue weighted by Crippen LogP contribution is -2.02. The summed E-state index contributed by atoms with van der Waals surface area (Å²) in [5.74, 6) is -0.111. The highest BCUT2D eigenvalue weighted by atomic mass is 32.1. The number of rotatable bonds is 4. The van der Waals surface area contributed by atoms with Gasteiger partial charge >= 0.3 is 5.97 Å². The molecule has 2 aromatic rings. The van der Waals surface area contributed by atoms with E-state index in [-0.39, 0.29) is 4.88 Å². The van der Waals surface area contributed by atoms with Crippen LogP contribution >= 0.6 is 11.3 Å². The van der Waals surface area contributed by atoms with Crippen molar-refractivity contribution in [2.45, 2.75) is 20.3 Å². The molecule has 0 saturated carbocycles. The van der Waals surface area contributed by atoms with Crippen LogP contribution in [0.15, 0.2) is 18.5 Å². The summed E-state index contributed by atoms with van der Waals surface area (Å²) in [7, 11) is 0. The van der Waals surface area contributed by atoms with E-state index in [0.717, 1.165) is 11.3 Å². The van der Waals surface area contributed by atoms with E-state index >= 15 is 0 Å². The van der Waals surface area contributed by atoms with Crippen molar-refractivity contribution in [3.63, 3.8) is 0 Å². The molecule has 0 aliphatic carbocycles. The van der Waals surface area contributed by atoms with Gasteiger partial charge in [0.05, 0.1) is 5.69 Å². The first-order valence-corrected chi connectivity index (χ1v) is 6.40. The average Bonchev–Trinajstić information content (AvgIpc) is 2.73. The van der Waals surface area contributed by atoms with E-state index in [0.29, 0.717) is 28.9 Å². The zero-order valence-corrected chi connectivity index (χ0v) is 10.9. The lowest BCUT2D eigenvalue weighted by Gasteiger charge is -2.01. The summed E-state index contributed by atoms with van der Waals surface area (Å²) in [5, 5.41) is 9.73. The molecule has 6 heteroatoms. The van der Waals surface area contributed by atoms with Crippen molar-refractivity contribution in [2.24, 2.45) is 5.92 Å². The Bertz CT molecular complexity index is 552. The fraction of sp³-hybridized carbons (Fsp3) is 0.333. The lowest BCUT2D eigenvalue weighted by atomic mass is 10.1. The normalized spacial score (nSPS) is 10.8. The summed E-state index contributed by atoms with van der Waals surface area (Å²) in [6.45, 7) is 4.06. The number of carbonyl (C=O) groups is 1. The molecule has 0 aromatic carbocycles. The maximum atomic E-state index is 11.2. The third-order valence-electron chi connectivity index (χ3n) is 2.25. The molecule has 0 bridgehead atoms. The Morgan fingerprint density at radius 2 is 2.06 bits per heavy atom. The van der Waals surface area contributed by atoms with E-state index in [9.17, 15) is 4.79 Å². The number of nitrogens with zero attached hydrogens (tertiary/aromatic N) is 3. The predicted molar refractivity (Wildman–Crippen MR) is 68.6 cm³/mol. The second-order valence-corrected chi connectivity index (χ2v) is 5.27. The van der Waals surface area contributed by atoms with Crippen LogP contribution in [0.25, 0.3) is 10.8 Å². The van der Waals surface area contributed by atoms with E-state index in [2.05, 4.69) is 15.0 Å². The molecule has 0 spiro atoms. The van der Waals surface area contributed by atoms with Crippen LogP contribution in [0.1, 0.15) is 29.2 Å². The largest absolute Gasteiger partial charge is 0.477 e. The number of aromatic nitrogens is 3. The highest BCUT2D eigenvalue weighted by Crippen LogP contribution is 2.27. The molecule has 94 valence electrons. The Morgan fingerprint density at radius 3 is 2.61 bits per heavy atom. The Balaban J connectivity index is 2.42. The highest BCUT2D eigenvalue weighted by Gasteiger charge is 2.19. The predicted octanol–water partition coefficient (Wildman–Crippen LogP) is 2.50. The molecule has 0 radical (unpaired) electrons. The van der Waals surface area contributed by atoms with Gasteiger partial charge in [0, 0.05) is 12.4 Å². The third kappa shape index (κ3) is 2.70. The van der Waals surface area contributed by atoms with Crippen LogP contribution in [0.5, 0.6) is 0 Å². The van der Waals surface area contributed by atoms with Gasteiger partial charge < -0.3 is 5.11 Å². The first-order valence-electron chi connectivity index (χ1n) is 5.58. The van der Waals surface area contributed by atoms with E-state index in [4.69, 9.17) is 5.11 Å². The smallest absolute Gasteiger partial charge is 0.347 e. The minimum absolute atomic E-state index is 0.283. The van der Waals surface area contributed by atoms with Crippen molar-refractivity contribution in [2.75, 3.05) is 0 Å². The van der Waals surface area contributed by atoms with Crippen molar-refractivity contribution in [3.8, 4) is 10.8 Å². The van der Waals surface area contributed by atoms with Gasteiger partial charge in [0.15, 0.2) is 10.8 Å². The van der Waals surface area contributed by atoms with Crippen molar-refractivity contribution >= 4 is 17.3 Å². The van der Waals surface area contributed by atoms with Gasteiger partial charge in [-0.3, -0.25) is 0 Å². The summed E-state index contributed by atoms with van der Waals surface area (Å²) >= 11 is 1.13. The van der Waals surface area contributed by atoms with Crippen LogP contribution in [0.2, 0.25) is 0 Å². The molecule has 2 aromatic heterocycles. The number of thiazole rings is 1. The maximum absolute atomic E-state index is 11.2. The van der Waals surface area contributed by atoms with E-state index in [1.807, 2.05) is 13.8 Å². The Kier molecular flexibility index (Phi) is 3.66. The fourth-order valence-corrected chi connectivity index (χ4v) is 2.43. The topological polar surface area (TPSA) is 76.0 Å². The van der Waals surface area contributed by atoms with E-state index in [1.54, 1.807) is 18.5 Å². The number of hydrogen-bond acceptors (Lipinski definition) is 5. The van der Waals surface area contributed by atoms with Gasteiger partial charge in [0.1, 0.15) is 4.88 Å². The molecule has 2 heterocycles. The minimum atomic E-state index is -0.940. The SMILES string of the molecule is CC(C)Cc1nc(-c2ncccn2)sc1C(=O)O. The van der Waals surface area contributed by atoms with Crippen LogP contribution in [0, 0.1) is 5.92 Å². The standard InChI is InChI=1S/C12H13N3O2S/c1-7(2)6-8-9(12(16)17)18-11(15-8)10-13-4-3-5-14-10/h3-5,7H,6H2,1-2H3,(H,16,17). The first kappa shape index (κ1) is 12.6. The van der Waals surface area contributed by atoms with Crippen LogP contribution in [0.3, 0.4) is 0 Å². The van der Waals surface area contributed by atoms with Gasteiger partial charge in [0.25, 0.3) is 0 Å². The zero-order chi connectivity index (χ0) is 13.1. The molecule has 0 fully saturated rings. The van der Waals surface area contributed by atoms with Crippen LogP contribution in [-0.4, -0.2) is 26.0 Å². The Hall–Kier alpha value is -1.82. The van der Waals surface area contributed by atoms with Gasteiger partial charge in [-0.1, -0.05) is 13.8 Å². The molecule has 0 atom stereocenters. The number of hydrogen-bond donors (Lipinski definition) is 1. The Labute approximate surface area is 109 Å². The molecule has 0 saturated heterocycles. The van der Waals surface area contributed by atoms with Crippen LogP contribution in [-0.2, 0) is 6.42 Å². The van der Waals surface area contributed by atoms with Crippen molar-refractivity contribution in [1.82, 2.24) is 15.0 Å². The zero-order valence-electron chi connectivity index (χ0n) is 10.1. The minimum Gasteiger partial charge on any atom is -0.477 e. The monoisotopic (exact) mass is 263 g/mol. The summed E-state index contributed by atoms with van der Waals surface area (Å²) in [4.78, 5) is 24.0. The van der Waals surface area contributed by atoms with Gasteiger partial charge in [-0.2, -0.15) is 0 Å². The molecule has 0 unspecified atom stereocenters.